The van der Waals surface area contributed by atoms with E-state index in [0.29, 0.717) is 11.7 Å². The Bertz CT molecular complexity index is 685. The molecule has 31 heavy (non-hydrogen) atoms. The van der Waals surface area contributed by atoms with Crippen LogP contribution in [-0.2, 0) is 0 Å². The van der Waals surface area contributed by atoms with Gasteiger partial charge in [-0.25, -0.2) is 9.97 Å². The summed E-state index contributed by atoms with van der Waals surface area (Å²) in [6.07, 6.45) is 17.6. The summed E-state index contributed by atoms with van der Waals surface area (Å²) >= 11 is 0. The number of aromatic nitrogens is 2. The Morgan fingerprint density at radius 1 is 0.710 bits per heavy atom. The largest absolute Gasteiger partial charge is 0.493 e. The molecule has 0 amide bonds. The van der Waals surface area contributed by atoms with E-state index in [9.17, 15) is 0 Å². The van der Waals surface area contributed by atoms with Crippen molar-refractivity contribution in [3.8, 4) is 22.9 Å². The van der Waals surface area contributed by atoms with Gasteiger partial charge in [-0.05, 0) is 43.0 Å². The van der Waals surface area contributed by atoms with E-state index < -0.39 is 0 Å². The summed E-state index contributed by atoms with van der Waals surface area (Å²) in [6.45, 7) is 8.27. The molecule has 2 aromatic rings. The molecule has 0 N–H and O–H groups in total. The smallest absolute Gasteiger partial charge is 0.159 e. The number of benzene rings is 1. The summed E-state index contributed by atoms with van der Waals surface area (Å²) in [5.41, 5.74) is 0.988. The van der Waals surface area contributed by atoms with Crippen LogP contribution < -0.4 is 9.47 Å². The Morgan fingerprint density at radius 3 is 2.00 bits per heavy atom. The molecule has 0 aliphatic heterocycles. The molecule has 1 aromatic heterocycles. The van der Waals surface area contributed by atoms with Crippen LogP contribution in [-0.4, -0.2) is 23.2 Å². The zero-order valence-corrected chi connectivity index (χ0v) is 19.9. The van der Waals surface area contributed by atoms with Crippen LogP contribution in [0.5, 0.6) is 11.5 Å². The summed E-state index contributed by atoms with van der Waals surface area (Å²) in [5, 5.41) is 0. The SMILES string of the molecule is CCCCCCCCOc1cnc(-c2ccc(OC[C@@H](C)CCCCCC)cc2)nc1. The lowest BCUT2D eigenvalue weighted by Crippen LogP contribution is -2.08. The molecule has 0 saturated heterocycles. The lowest BCUT2D eigenvalue weighted by atomic mass is 10.0. The number of hydrogen-bond donors (Lipinski definition) is 0. The highest BCUT2D eigenvalue weighted by Gasteiger charge is 2.06. The topological polar surface area (TPSA) is 44.2 Å². The minimum absolute atomic E-state index is 0.587. The van der Waals surface area contributed by atoms with Gasteiger partial charge in [0.15, 0.2) is 11.6 Å². The van der Waals surface area contributed by atoms with Crippen molar-refractivity contribution in [2.75, 3.05) is 13.2 Å². The third kappa shape index (κ3) is 10.7. The molecular weight excluding hydrogens is 384 g/mol. The predicted molar refractivity (Wildman–Crippen MR) is 130 cm³/mol. The maximum absolute atomic E-state index is 5.96. The van der Waals surface area contributed by atoms with Gasteiger partial charge in [0.1, 0.15) is 5.75 Å². The Labute approximate surface area is 189 Å². The third-order valence-electron chi connectivity index (χ3n) is 5.59. The molecule has 1 aromatic carbocycles. The molecule has 0 aliphatic rings. The van der Waals surface area contributed by atoms with E-state index in [1.807, 2.05) is 24.3 Å². The number of hydrogen-bond acceptors (Lipinski definition) is 4. The normalized spacial score (nSPS) is 12.0. The lowest BCUT2D eigenvalue weighted by Gasteiger charge is -2.13. The second-order valence-corrected chi connectivity index (χ2v) is 8.65. The van der Waals surface area contributed by atoms with E-state index in [-0.39, 0.29) is 0 Å². The molecule has 1 heterocycles. The molecule has 1 atom stereocenters. The van der Waals surface area contributed by atoms with Crippen molar-refractivity contribution in [1.29, 1.82) is 0 Å². The second kappa shape index (κ2) is 15.7. The van der Waals surface area contributed by atoms with E-state index in [2.05, 4.69) is 30.7 Å². The number of rotatable bonds is 17. The van der Waals surface area contributed by atoms with Crippen molar-refractivity contribution in [2.24, 2.45) is 5.92 Å². The van der Waals surface area contributed by atoms with Gasteiger partial charge in [-0.1, -0.05) is 78.6 Å². The van der Waals surface area contributed by atoms with Crippen LogP contribution in [0.2, 0.25) is 0 Å². The van der Waals surface area contributed by atoms with Gasteiger partial charge in [-0.15, -0.1) is 0 Å². The van der Waals surface area contributed by atoms with E-state index in [1.54, 1.807) is 12.4 Å². The maximum Gasteiger partial charge on any atom is 0.159 e. The zero-order valence-electron chi connectivity index (χ0n) is 19.9. The zero-order chi connectivity index (χ0) is 22.2. The van der Waals surface area contributed by atoms with E-state index in [4.69, 9.17) is 9.47 Å². The first-order valence-corrected chi connectivity index (χ1v) is 12.4. The fourth-order valence-corrected chi connectivity index (χ4v) is 3.55. The third-order valence-corrected chi connectivity index (χ3v) is 5.59. The molecule has 0 bridgehead atoms. The van der Waals surface area contributed by atoms with E-state index >= 15 is 0 Å². The molecule has 0 radical (unpaired) electrons. The molecule has 0 fully saturated rings. The monoisotopic (exact) mass is 426 g/mol. The van der Waals surface area contributed by atoms with Crippen LogP contribution in [0.15, 0.2) is 36.7 Å². The van der Waals surface area contributed by atoms with Crippen LogP contribution in [0.4, 0.5) is 0 Å². The first kappa shape index (κ1) is 25.2. The van der Waals surface area contributed by atoms with Gasteiger partial charge in [0.05, 0.1) is 25.6 Å². The van der Waals surface area contributed by atoms with Crippen molar-refractivity contribution >= 4 is 0 Å². The summed E-state index contributed by atoms with van der Waals surface area (Å²) in [6, 6.07) is 8.05. The Balaban J connectivity index is 1.69. The van der Waals surface area contributed by atoms with Crippen molar-refractivity contribution in [3.05, 3.63) is 36.7 Å². The summed E-state index contributed by atoms with van der Waals surface area (Å²) in [7, 11) is 0. The standard InChI is InChI=1S/C27H42N2O2/c1-4-6-8-10-11-13-19-30-26-20-28-27(29-21-26)24-15-17-25(18-16-24)31-22-23(3)14-12-9-7-5-2/h15-18,20-21,23H,4-14,19,22H2,1-3H3/t23-/m0/s1. The van der Waals surface area contributed by atoms with Gasteiger partial charge in [0.2, 0.25) is 0 Å². The molecule has 2 rings (SSSR count). The lowest BCUT2D eigenvalue weighted by molar-refractivity contribution is 0.249. The Morgan fingerprint density at radius 2 is 1.32 bits per heavy atom. The van der Waals surface area contributed by atoms with E-state index in [0.717, 1.165) is 36.7 Å². The first-order valence-electron chi connectivity index (χ1n) is 12.4. The summed E-state index contributed by atoms with van der Waals surface area (Å²) < 4.78 is 11.7. The first-order chi connectivity index (χ1) is 15.2. The molecule has 0 unspecified atom stereocenters. The fraction of sp³-hybridized carbons (Fsp3) is 0.630. The van der Waals surface area contributed by atoms with Gasteiger partial charge < -0.3 is 9.47 Å². The summed E-state index contributed by atoms with van der Waals surface area (Å²) in [5.74, 6) is 2.94. The fourth-order valence-electron chi connectivity index (χ4n) is 3.55. The average molecular weight is 427 g/mol. The minimum Gasteiger partial charge on any atom is -0.493 e. The van der Waals surface area contributed by atoms with E-state index in [1.165, 1.54) is 64.2 Å². The van der Waals surface area contributed by atoms with Gasteiger partial charge in [0, 0.05) is 5.56 Å². The molecule has 0 saturated carbocycles. The Hall–Kier alpha value is -2.10. The highest BCUT2D eigenvalue weighted by atomic mass is 16.5. The Kier molecular flexibility index (Phi) is 12.7. The summed E-state index contributed by atoms with van der Waals surface area (Å²) in [4.78, 5) is 8.93. The van der Waals surface area contributed by atoms with Gasteiger partial charge >= 0.3 is 0 Å². The quantitative estimate of drug-likeness (QED) is 0.241. The second-order valence-electron chi connectivity index (χ2n) is 8.65. The van der Waals surface area contributed by atoms with Crippen LogP contribution >= 0.6 is 0 Å². The van der Waals surface area contributed by atoms with Gasteiger partial charge in [-0.2, -0.15) is 0 Å². The van der Waals surface area contributed by atoms with Crippen LogP contribution in [0, 0.1) is 5.92 Å². The van der Waals surface area contributed by atoms with Gasteiger partial charge in [-0.3, -0.25) is 0 Å². The van der Waals surface area contributed by atoms with Crippen molar-refractivity contribution in [2.45, 2.75) is 91.4 Å². The van der Waals surface area contributed by atoms with Crippen molar-refractivity contribution in [1.82, 2.24) is 9.97 Å². The van der Waals surface area contributed by atoms with Gasteiger partial charge in [0.25, 0.3) is 0 Å². The number of nitrogens with zero attached hydrogens (tertiary/aromatic N) is 2. The predicted octanol–water partition coefficient (Wildman–Crippen LogP) is 7.87. The highest BCUT2D eigenvalue weighted by Crippen LogP contribution is 2.21. The molecule has 0 spiro atoms. The van der Waals surface area contributed by atoms with Crippen LogP contribution in [0.3, 0.4) is 0 Å². The minimum atomic E-state index is 0.587. The number of unbranched alkanes of at least 4 members (excludes halogenated alkanes) is 8. The molecule has 172 valence electrons. The average Bonchev–Trinajstić information content (AvgIpc) is 2.81. The highest BCUT2D eigenvalue weighted by molar-refractivity contribution is 5.56. The number of ether oxygens (including phenoxy) is 2. The van der Waals surface area contributed by atoms with Crippen LogP contribution in [0.25, 0.3) is 11.4 Å². The molecule has 4 nitrogen and oxygen atoms in total. The van der Waals surface area contributed by atoms with Crippen LogP contribution in [0.1, 0.15) is 91.4 Å². The maximum atomic E-state index is 5.96. The van der Waals surface area contributed by atoms with Crippen molar-refractivity contribution < 1.29 is 9.47 Å². The van der Waals surface area contributed by atoms with Crippen molar-refractivity contribution in [3.63, 3.8) is 0 Å². The molecule has 4 heteroatoms. The molecule has 0 aliphatic carbocycles. The molecular formula is C27H42N2O2.